The third-order valence-electron chi connectivity index (χ3n) is 3.09. The van der Waals surface area contributed by atoms with E-state index in [0.29, 0.717) is 40.8 Å². The Balaban J connectivity index is 2.35. The molecule has 1 atom stereocenters. The van der Waals surface area contributed by atoms with E-state index in [4.69, 9.17) is 32.7 Å². The first-order valence-corrected chi connectivity index (χ1v) is 7.09. The molecule has 0 N–H and O–H groups in total. The summed E-state index contributed by atoms with van der Waals surface area (Å²) in [6.07, 6.45) is 1.25. The number of halogens is 2. The number of nitrogens with zero attached hydrogens (tertiary/aromatic N) is 1. The van der Waals surface area contributed by atoms with Gasteiger partial charge >= 0.3 is 5.97 Å². The van der Waals surface area contributed by atoms with Crippen molar-refractivity contribution in [1.29, 1.82) is 0 Å². The maximum Gasteiger partial charge on any atom is 0.330 e. The number of methoxy groups -OCH3 is 1. The van der Waals surface area contributed by atoms with E-state index in [1.54, 1.807) is 26.2 Å². The van der Waals surface area contributed by atoms with Crippen LogP contribution in [0.4, 0.5) is 0 Å². The van der Waals surface area contributed by atoms with Crippen LogP contribution in [0.15, 0.2) is 17.1 Å². The first-order chi connectivity index (χ1) is 9.58. The summed E-state index contributed by atoms with van der Waals surface area (Å²) >= 11 is 12.3. The van der Waals surface area contributed by atoms with Crippen molar-refractivity contribution in [2.45, 2.75) is 25.8 Å². The van der Waals surface area contributed by atoms with E-state index in [2.05, 4.69) is 4.99 Å². The Bertz CT molecular complexity index is 558. The van der Waals surface area contributed by atoms with Gasteiger partial charge in [-0.05, 0) is 31.9 Å². The zero-order valence-electron chi connectivity index (χ0n) is 11.3. The Morgan fingerprint density at radius 2 is 2.20 bits per heavy atom. The van der Waals surface area contributed by atoms with Crippen LogP contribution in [0.5, 0.6) is 5.75 Å². The van der Waals surface area contributed by atoms with Crippen LogP contribution >= 0.6 is 23.2 Å². The zero-order valence-corrected chi connectivity index (χ0v) is 12.8. The zero-order chi connectivity index (χ0) is 14.7. The third-order valence-corrected chi connectivity index (χ3v) is 3.89. The minimum Gasteiger partial charge on any atom is -0.496 e. The van der Waals surface area contributed by atoms with Gasteiger partial charge in [0.25, 0.3) is 0 Å². The highest BCUT2D eigenvalue weighted by Crippen LogP contribution is 2.36. The van der Waals surface area contributed by atoms with Crippen LogP contribution in [0, 0.1) is 0 Å². The molecule has 0 aliphatic carbocycles. The van der Waals surface area contributed by atoms with Gasteiger partial charge in [0.05, 0.1) is 29.3 Å². The molecule has 0 saturated carbocycles. The molecule has 1 aliphatic heterocycles. The van der Waals surface area contributed by atoms with E-state index < -0.39 is 6.04 Å². The second kappa shape index (κ2) is 6.46. The largest absolute Gasteiger partial charge is 0.496 e. The Morgan fingerprint density at radius 3 is 2.85 bits per heavy atom. The predicted octanol–water partition coefficient (Wildman–Crippen LogP) is 3.52. The summed E-state index contributed by atoms with van der Waals surface area (Å²) in [6, 6.07) is 2.94. The standard InChI is InChI=1S/C14H15Cl2NO3/c1-3-20-14(18)10-6-5-9(17-10)12-11(19-2)7-4-8(15)13(12)16/h4,7,10H,3,5-6H2,1-2H3/t10-/m0/s1. The fourth-order valence-electron chi connectivity index (χ4n) is 2.16. The Kier molecular flexibility index (Phi) is 4.89. The van der Waals surface area contributed by atoms with E-state index in [1.807, 2.05) is 0 Å². The Hall–Kier alpha value is -1.26. The molecule has 20 heavy (non-hydrogen) atoms. The van der Waals surface area contributed by atoms with E-state index in [0.717, 1.165) is 5.71 Å². The first-order valence-electron chi connectivity index (χ1n) is 6.34. The molecule has 0 bridgehead atoms. The number of hydrogen-bond acceptors (Lipinski definition) is 4. The summed E-state index contributed by atoms with van der Waals surface area (Å²) in [6.45, 7) is 2.12. The van der Waals surface area contributed by atoms with Crippen molar-refractivity contribution >= 4 is 34.9 Å². The van der Waals surface area contributed by atoms with Gasteiger partial charge < -0.3 is 9.47 Å². The molecule has 1 heterocycles. The SMILES string of the molecule is CCOC(=O)[C@@H]1CCC(c2c(OC)ccc(Cl)c2Cl)=N1. The number of hydrogen-bond donors (Lipinski definition) is 0. The molecule has 4 nitrogen and oxygen atoms in total. The molecule has 0 unspecified atom stereocenters. The van der Waals surface area contributed by atoms with Crippen molar-refractivity contribution in [2.75, 3.05) is 13.7 Å². The first kappa shape index (κ1) is 15.1. The third kappa shape index (κ3) is 2.91. The van der Waals surface area contributed by atoms with Crippen LogP contribution in [0.3, 0.4) is 0 Å². The minimum absolute atomic E-state index is 0.306. The maximum absolute atomic E-state index is 11.7. The van der Waals surface area contributed by atoms with Crippen molar-refractivity contribution in [3.63, 3.8) is 0 Å². The van der Waals surface area contributed by atoms with Crippen LogP contribution in [-0.2, 0) is 9.53 Å². The summed E-state index contributed by atoms with van der Waals surface area (Å²) in [5.74, 6) is 0.294. The second-order valence-corrected chi connectivity index (χ2v) is 5.11. The smallest absolute Gasteiger partial charge is 0.330 e. The van der Waals surface area contributed by atoms with Crippen LogP contribution in [0.2, 0.25) is 10.0 Å². The Morgan fingerprint density at radius 1 is 1.45 bits per heavy atom. The fourth-order valence-corrected chi connectivity index (χ4v) is 2.58. The van der Waals surface area contributed by atoms with Gasteiger partial charge in [0, 0.05) is 5.71 Å². The summed E-state index contributed by atoms with van der Waals surface area (Å²) in [4.78, 5) is 16.1. The lowest BCUT2D eigenvalue weighted by molar-refractivity contribution is -0.144. The van der Waals surface area contributed by atoms with Crippen molar-refractivity contribution < 1.29 is 14.3 Å². The van der Waals surface area contributed by atoms with Gasteiger partial charge in [-0.3, -0.25) is 4.99 Å². The molecule has 0 fully saturated rings. The van der Waals surface area contributed by atoms with Crippen LogP contribution in [-0.4, -0.2) is 31.4 Å². The van der Waals surface area contributed by atoms with Gasteiger partial charge in [0.2, 0.25) is 0 Å². The second-order valence-electron chi connectivity index (χ2n) is 4.32. The average Bonchev–Trinajstić information content (AvgIpc) is 2.91. The molecular formula is C14H15Cl2NO3. The van der Waals surface area contributed by atoms with Crippen molar-refractivity contribution in [3.05, 3.63) is 27.7 Å². The van der Waals surface area contributed by atoms with Crippen LogP contribution in [0.1, 0.15) is 25.3 Å². The lowest BCUT2D eigenvalue weighted by atomic mass is 10.1. The van der Waals surface area contributed by atoms with Crippen molar-refractivity contribution in [1.82, 2.24) is 0 Å². The Labute approximate surface area is 127 Å². The molecule has 0 spiro atoms. The molecule has 1 aromatic carbocycles. The molecule has 108 valence electrons. The van der Waals surface area contributed by atoms with Gasteiger partial charge in [-0.15, -0.1) is 0 Å². The van der Waals surface area contributed by atoms with E-state index in [-0.39, 0.29) is 5.97 Å². The number of aliphatic imine (C=N–C) groups is 1. The van der Waals surface area contributed by atoms with Gasteiger partial charge in [0.15, 0.2) is 0 Å². The quantitative estimate of drug-likeness (QED) is 0.799. The minimum atomic E-state index is -0.468. The highest BCUT2D eigenvalue weighted by atomic mass is 35.5. The molecule has 0 aromatic heterocycles. The van der Waals surface area contributed by atoms with Gasteiger partial charge in [-0.25, -0.2) is 4.79 Å². The fraction of sp³-hybridized carbons (Fsp3) is 0.429. The molecule has 0 saturated heterocycles. The average molecular weight is 316 g/mol. The molecule has 0 amide bonds. The van der Waals surface area contributed by atoms with Crippen molar-refractivity contribution in [3.8, 4) is 5.75 Å². The van der Waals surface area contributed by atoms with E-state index >= 15 is 0 Å². The molecule has 1 aromatic rings. The molecule has 2 rings (SSSR count). The van der Waals surface area contributed by atoms with Gasteiger partial charge in [-0.1, -0.05) is 23.2 Å². The van der Waals surface area contributed by atoms with Crippen molar-refractivity contribution in [2.24, 2.45) is 4.99 Å². The van der Waals surface area contributed by atoms with Crippen LogP contribution < -0.4 is 4.74 Å². The lowest BCUT2D eigenvalue weighted by Gasteiger charge is -2.11. The number of carbonyl (C=O) groups is 1. The van der Waals surface area contributed by atoms with Gasteiger partial charge in [0.1, 0.15) is 11.8 Å². The molecular weight excluding hydrogens is 301 g/mol. The monoisotopic (exact) mass is 315 g/mol. The summed E-state index contributed by atoms with van der Waals surface area (Å²) in [7, 11) is 1.56. The summed E-state index contributed by atoms with van der Waals surface area (Å²) < 4.78 is 10.3. The normalized spacial score (nSPS) is 17.8. The maximum atomic E-state index is 11.7. The number of rotatable bonds is 4. The predicted molar refractivity (Wildman–Crippen MR) is 79.2 cm³/mol. The molecule has 1 aliphatic rings. The molecule has 0 radical (unpaired) electrons. The number of esters is 1. The summed E-state index contributed by atoms with van der Waals surface area (Å²) in [5.41, 5.74) is 1.39. The lowest BCUT2D eigenvalue weighted by Crippen LogP contribution is -2.18. The van der Waals surface area contributed by atoms with Gasteiger partial charge in [-0.2, -0.15) is 0 Å². The topological polar surface area (TPSA) is 47.9 Å². The number of carbonyl (C=O) groups excluding carboxylic acids is 1. The van der Waals surface area contributed by atoms with Crippen LogP contribution in [0.25, 0.3) is 0 Å². The van der Waals surface area contributed by atoms with E-state index in [1.165, 1.54) is 0 Å². The number of ether oxygens (including phenoxy) is 2. The van der Waals surface area contributed by atoms with E-state index in [9.17, 15) is 4.79 Å². The summed E-state index contributed by atoms with van der Waals surface area (Å²) in [5, 5.41) is 0.832. The highest BCUT2D eigenvalue weighted by Gasteiger charge is 2.29. The number of benzene rings is 1. The molecule has 6 heteroatoms. The highest BCUT2D eigenvalue weighted by molar-refractivity contribution is 6.44.